The maximum absolute atomic E-state index is 11.1. The van der Waals surface area contributed by atoms with Crippen LogP contribution in [0, 0.1) is 0 Å². The number of rotatable bonds is 3. The number of hydrogen-bond acceptors (Lipinski definition) is 4. The first kappa shape index (κ1) is 10.7. The molecule has 0 aromatic carbocycles. The number of alkyl halides is 1. The van der Waals surface area contributed by atoms with Crippen molar-refractivity contribution in [3.05, 3.63) is 26.4 Å². The summed E-state index contributed by atoms with van der Waals surface area (Å²) in [5.41, 5.74) is -1.46. The number of halogens is 1. The summed E-state index contributed by atoms with van der Waals surface area (Å²) in [7, 11) is 0. The van der Waals surface area contributed by atoms with Crippen molar-refractivity contribution in [1.29, 1.82) is 0 Å². The average molecular weight is 262 g/mol. The van der Waals surface area contributed by atoms with Gasteiger partial charge in [0.2, 0.25) is 5.88 Å². The van der Waals surface area contributed by atoms with E-state index in [2.05, 4.69) is 20.9 Å². The van der Waals surface area contributed by atoms with Crippen molar-refractivity contribution in [3.63, 3.8) is 0 Å². The maximum Gasteiger partial charge on any atom is 0.328 e. The highest BCUT2D eigenvalue weighted by Gasteiger charge is 2.04. The highest BCUT2D eigenvalue weighted by molar-refractivity contribution is 9.09. The minimum Gasteiger partial charge on any atom is -0.494 e. The van der Waals surface area contributed by atoms with Gasteiger partial charge in [-0.3, -0.25) is 19.8 Å². The number of aromatic amines is 2. The second kappa shape index (κ2) is 4.75. The fourth-order valence-electron chi connectivity index (χ4n) is 0.809. The Balaban J connectivity index is 3.09. The number of aromatic nitrogens is 2. The van der Waals surface area contributed by atoms with Crippen molar-refractivity contribution < 1.29 is 5.11 Å². The summed E-state index contributed by atoms with van der Waals surface area (Å²) in [6, 6.07) is 0. The number of aromatic hydroxyl groups is 1. The lowest BCUT2D eigenvalue weighted by molar-refractivity contribution is 0.447. The molecule has 7 heteroatoms. The summed E-state index contributed by atoms with van der Waals surface area (Å²) in [6.45, 7) is 0.484. The van der Waals surface area contributed by atoms with Gasteiger partial charge in [-0.2, -0.15) is 0 Å². The van der Waals surface area contributed by atoms with Gasteiger partial charge < -0.3 is 5.11 Å². The molecule has 0 radical (unpaired) electrons. The molecule has 0 atom stereocenters. The van der Waals surface area contributed by atoms with Crippen LogP contribution in [0.3, 0.4) is 0 Å². The van der Waals surface area contributed by atoms with E-state index in [4.69, 9.17) is 0 Å². The minimum atomic E-state index is -0.745. The van der Waals surface area contributed by atoms with Gasteiger partial charge in [0.1, 0.15) is 5.56 Å². The van der Waals surface area contributed by atoms with E-state index in [1.165, 1.54) is 6.21 Å². The van der Waals surface area contributed by atoms with E-state index in [1.807, 2.05) is 9.97 Å². The predicted octanol–water partition coefficient (Wildman–Crippen LogP) is -0.417. The number of H-pyrrole nitrogens is 2. The highest BCUT2D eigenvalue weighted by atomic mass is 79.9. The number of nitrogens with one attached hydrogen (secondary N) is 2. The second-order valence-electron chi connectivity index (χ2n) is 2.39. The Kier molecular flexibility index (Phi) is 3.63. The molecule has 0 aliphatic rings. The molecule has 0 bridgehead atoms. The first-order chi connectivity index (χ1) is 6.65. The Morgan fingerprint density at radius 2 is 2.14 bits per heavy atom. The van der Waals surface area contributed by atoms with Gasteiger partial charge >= 0.3 is 5.69 Å². The van der Waals surface area contributed by atoms with Crippen molar-refractivity contribution in [1.82, 2.24) is 9.97 Å². The van der Waals surface area contributed by atoms with Crippen LogP contribution in [0.4, 0.5) is 0 Å². The molecule has 76 valence electrons. The Hall–Kier alpha value is -1.37. The van der Waals surface area contributed by atoms with Crippen LogP contribution in [-0.4, -0.2) is 33.2 Å². The topological polar surface area (TPSA) is 98.3 Å². The Bertz CT molecular complexity index is 448. The number of aliphatic imine (C=N–C) groups is 1. The zero-order chi connectivity index (χ0) is 10.6. The van der Waals surface area contributed by atoms with Gasteiger partial charge in [0.05, 0.1) is 0 Å². The molecule has 0 aliphatic carbocycles. The molecular weight excluding hydrogens is 254 g/mol. The fourth-order valence-corrected chi connectivity index (χ4v) is 1.01. The zero-order valence-corrected chi connectivity index (χ0v) is 8.67. The van der Waals surface area contributed by atoms with E-state index in [0.29, 0.717) is 11.9 Å². The molecule has 1 heterocycles. The van der Waals surface area contributed by atoms with Crippen LogP contribution >= 0.6 is 15.9 Å². The summed E-state index contributed by atoms with van der Waals surface area (Å²) in [5.74, 6) is -0.475. The van der Waals surface area contributed by atoms with Crippen LogP contribution in [0.1, 0.15) is 5.56 Å². The predicted molar refractivity (Wildman–Crippen MR) is 55.6 cm³/mol. The summed E-state index contributed by atoms with van der Waals surface area (Å²) in [5, 5.41) is 9.85. The Morgan fingerprint density at radius 3 is 2.71 bits per heavy atom. The molecule has 0 spiro atoms. The first-order valence-electron chi connectivity index (χ1n) is 3.76. The molecule has 0 unspecified atom stereocenters. The van der Waals surface area contributed by atoms with Crippen LogP contribution in [0.25, 0.3) is 0 Å². The Labute approximate surface area is 86.8 Å². The monoisotopic (exact) mass is 261 g/mol. The van der Waals surface area contributed by atoms with E-state index in [1.54, 1.807) is 0 Å². The van der Waals surface area contributed by atoms with Gasteiger partial charge in [0, 0.05) is 18.1 Å². The largest absolute Gasteiger partial charge is 0.494 e. The normalized spacial score (nSPS) is 10.9. The smallest absolute Gasteiger partial charge is 0.328 e. The summed E-state index contributed by atoms with van der Waals surface area (Å²) >= 11 is 3.15. The van der Waals surface area contributed by atoms with Gasteiger partial charge in [-0.25, -0.2) is 4.79 Å². The van der Waals surface area contributed by atoms with Crippen molar-refractivity contribution in [2.24, 2.45) is 4.99 Å². The van der Waals surface area contributed by atoms with Gasteiger partial charge in [0.25, 0.3) is 5.56 Å². The summed E-state index contributed by atoms with van der Waals surface area (Å²) in [4.78, 5) is 29.6. The molecule has 0 fully saturated rings. The highest BCUT2D eigenvalue weighted by Crippen LogP contribution is 2.00. The standard InChI is InChI=1S/C7H8BrN3O3/c8-1-2-9-3-4-5(12)10-7(14)11-6(4)13/h3H,1-2H2,(H3,10,11,12,13,14). The fraction of sp³-hybridized carbons (Fsp3) is 0.286. The molecule has 0 saturated heterocycles. The molecule has 0 aliphatic heterocycles. The second-order valence-corrected chi connectivity index (χ2v) is 3.19. The van der Waals surface area contributed by atoms with Crippen LogP contribution < -0.4 is 11.2 Å². The SMILES string of the molecule is O=c1[nH]c(O)c(C=NCCBr)c(=O)[nH]1. The molecule has 1 aromatic heterocycles. The van der Waals surface area contributed by atoms with Crippen molar-refractivity contribution in [3.8, 4) is 5.88 Å². The van der Waals surface area contributed by atoms with Gasteiger partial charge in [-0.1, -0.05) is 15.9 Å². The van der Waals surface area contributed by atoms with E-state index in [9.17, 15) is 14.7 Å². The number of nitrogens with zero attached hydrogens (tertiary/aromatic N) is 1. The molecule has 0 amide bonds. The van der Waals surface area contributed by atoms with E-state index < -0.39 is 17.1 Å². The third-order valence-electron chi connectivity index (χ3n) is 1.39. The minimum absolute atomic E-state index is 0.0504. The van der Waals surface area contributed by atoms with E-state index in [-0.39, 0.29) is 5.56 Å². The number of hydrogen-bond donors (Lipinski definition) is 3. The molecular formula is C7H8BrN3O3. The quantitative estimate of drug-likeness (QED) is 0.509. The third kappa shape index (κ3) is 2.56. The Morgan fingerprint density at radius 1 is 1.43 bits per heavy atom. The van der Waals surface area contributed by atoms with Crippen molar-refractivity contribution in [2.75, 3.05) is 11.9 Å². The molecule has 14 heavy (non-hydrogen) atoms. The van der Waals surface area contributed by atoms with Crippen LogP contribution in [0.15, 0.2) is 14.6 Å². The van der Waals surface area contributed by atoms with Gasteiger partial charge in [-0.15, -0.1) is 0 Å². The van der Waals surface area contributed by atoms with Gasteiger partial charge in [-0.05, 0) is 0 Å². The van der Waals surface area contributed by atoms with Crippen LogP contribution in [-0.2, 0) is 0 Å². The maximum atomic E-state index is 11.1. The van der Waals surface area contributed by atoms with Gasteiger partial charge in [0.15, 0.2) is 0 Å². The summed E-state index contributed by atoms with van der Waals surface area (Å²) < 4.78 is 0. The molecule has 1 rings (SSSR count). The lowest BCUT2D eigenvalue weighted by Gasteiger charge is -1.94. The van der Waals surface area contributed by atoms with Crippen LogP contribution in [0.5, 0.6) is 5.88 Å². The lowest BCUT2D eigenvalue weighted by Crippen LogP contribution is -2.24. The lowest BCUT2D eigenvalue weighted by atomic mass is 10.3. The van der Waals surface area contributed by atoms with Crippen LogP contribution in [0.2, 0.25) is 0 Å². The molecule has 6 nitrogen and oxygen atoms in total. The van der Waals surface area contributed by atoms with E-state index in [0.717, 1.165) is 0 Å². The molecule has 3 N–H and O–H groups in total. The molecule has 0 saturated carbocycles. The average Bonchev–Trinajstić information content (AvgIpc) is 2.09. The third-order valence-corrected chi connectivity index (χ3v) is 1.75. The zero-order valence-electron chi connectivity index (χ0n) is 7.08. The van der Waals surface area contributed by atoms with Crippen molar-refractivity contribution >= 4 is 22.1 Å². The summed E-state index contributed by atoms with van der Waals surface area (Å²) in [6.07, 6.45) is 1.21. The first-order valence-corrected chi connectivity index (χ1v) is 4.88. The van der Waals surface area contributed by atoms with Crippen molar-refractivity contribution in [2.45, 2.75) is 0 Å². The van der Waals surface area contributed by atoms with E-state index >= 15 is 0 Å². The molecule has 1 aromatic rings.